The van der Waals surface area contributed by atoms with E-state index in [2.05, 4.69) is 20.4 Å². The first-order valence-corrected chi connectivity index (χ1v) is 11.6. The number of carbonyl (C=O) groups is 1. The van der Waals surface area contributed by atoms with Crippen molar-refractivity contribution in [2.45, 2.75) is 13.0 Å². The van der Waals surface area contributed by atoms with Gasteiger partial charge in [-0.25, -0.2) is 14.6 Å². The molecule has 0 saturated heterocycles. The van der Waals surface area contributed by atoms with E-state index in [-0.39, 0.29) is 22.2 Å². The van der Waals surface area contributed by atoms with Crippen LogP contribution in [-0.2, 0) is 0 Å². The summed E-state index contributed by atoms with van der Waals surface area (Å²) < 4.78 is 12.0. The molecule has 13 heteroatoms. The monoisotopic (exact) mass is 509 g/mol. The van der Waals surface area contributed by atoms with Crippen molar-refractivity contribution in [1.29, 1.82) is 5.41 Å². The third-order valence-electron chi connectivity index (χ3n) is 5.15. The van der Waals surface area contributed by atoms with Crippen LogP contribution < -0.4 is 26.2 Å². The molecule has 1 atom stereocenters. The Bertz CT molecular complexity index is 1460. The third kappa shape index (κ3) is 4.90. The molecule has 4 aromatic rings. The number of methoxy groups -OCH3 is 1. The van der Waals surface area contributed by atoms with Crippen molar-refractivity contribution in [2.75, 3.05) is 19.0 Å². The zero-order chi connectivity index (χ0) is 25.8. The number of hydrogen-bond acceptors (Lipinski definition) is 9. The number of nitrogen functional groups attached to an aromatic ring is 1. The Labute approximate surface area is 208 Å². The van der Waals surface area contributed by atoms with Crippen molar-refractivity contribution in [2.24, 2.45) is 5.73 Å². The Morgan fingerprint density at radius 1 is 1.33 bits per heavy atom. The summed E-state index contributed by atoms with van der Waals surface area (Å²) in [7, 11) is 1.48. The molecule has 0 fully saturated rings. The lowest BCUT2D eigenvalue weighted by Crippen LogP contribution is -2.17. The lowest BCUT2D eigenvalue weighted by molar-refractivity contribution is 0.0702. The molecule has 0 aliphatic rings. The van der Waals surface area contributed by atoms with E-state index in [9.17, 15) is 14.7 Å². The van der Waals surface area contributed by atoms with Gasteiger partial charge >= 0.3 is 11.7 Å². The van der Waals surface area contributed by atoms with Gasteiger partial charge in [-0.15, -0.1) is 16.4 Å². The standard InChI is InChI=1S/C23H23N7O5S/c1-3-35-16-10-13(11-26-21(16)34-2)17(27-14-6-4-12(5-7-14)19(24)25)20-28-23(33)30(29-20)15-8-9-36-18(15)22(31)32/h4-11,17,27H,3H2,1-2H3,(H3,24,25)(H,31,32)(H,28,29,33). The van der Waals surface area contributed by atoms with Crippen molar-refractivity contribution in [3.63, 3.8) is 0 Å². The maximum absolute atomic E-state index is 12.8. The van der Waals surface area contributed by atoms with E-state index < -0.39 is 17.7 Å². The fourth-order valence-electron chi connectivity index (χ4n) is 3.50. The summed E-state index contributed by atoms with van der Waals surface area (Å²) in [6, 6.07) is 9.37. The topological polar surface area (TPSA) is 181 Å². The van der Waals surface area contributed by atoms with Gasteiger partial charge in [0, 0.05) is 23.0 Å². The molecule has 0 amide bonds. The number of amidine groups is 1. The van der Waals surface area contributed by atoms with Crippen LogP contribution in [0.5, 0.6) is 11.6 Å². The minimum absolute atomic E-state index is 0.00998. The van der Waals surface area contributed by atoms with Gasteiger partial charge in [-0.3, -0.25) is 10.4 Å². The fraction of sp³-hybridized carbons (Fsp3) is 0.174. The van der Waals surface area contributed by atoms with Crippen LogP contribution in [0, 0.1) is 5.41 Å². The predicted octanol–water partition coefficient (Wildman–Crippen LogP) is 2.61. The predicted molar refractivity (Wildman–Crippen MR) is 134 cm³/mol. The zero-order valence-electron chi connectivity index (χ0n) is 19.3. The van der Waals surface area contributed by atoms with Gasteiger partial charge in [0.25, 0.3) is 5.88 Å². The van der Waals surface area contributed by atoms with E-state index in [1.807, 2.05) is 6.92 Å². The van der Waals surface area contributed by atoms with Crippen LogP contribution in [0.2, 0.25) is 0 Å². The first kappa shape index (κ1) is 24.5. The van der Waals surface area contributed by atoms with Crippen LogP contribution >= 0.6 is 11.3 Å². The first-order chi connectivity index (χ1) is 17.3. The van der Waals surface area contributed by atoms with E-state index in [1.165, 1.54) is 13.2 Å². The highest BCUT2D eigenvalue weighted by Gasteiger charge is 2.24. The van der Waals surface area contributed by atoms with Crippen LogP contribution in [0.1, 0.15) is 39.6 Å². The Morgan fingerprint density at radius 2 is 2.08 bits per heavy atom. The Kier molecular flexibility index (Phi) is 7.01. The number of rotatable bonds is 10. The molecule has 36 heavy (non-hydrogen) atoms. The molecule has 0 radical (unpaired) electrons. The van der Waals surface area contributed by atoms with Crippen molar-refractivity contribution in [3.8, 4) is 17.3 Å². The number of pyridine rings is 1. The van der Waals surface area contributed by atoms with Gasteiger partial charge < -0.3 is 25.6 Å². The summed E-state index contributed by atoms with van der Waals surface area (Å²) in [5.41, 5.74) is 6.91. The quantitative estimate of drug-likeness (QED) is 0.158. The zero-order valence-corrected chi connectivity index (χ0v) is 20.1. The number of nitrogens with zero attached hydrogens (tertiary/aromatic N) is 3. The second kappa shape index (κ2) is 10.3. The van der Waals surface area contributed by atoms with Crippen LogP contribution in [0.15, 0.2) is 52.8 Å². The fourth-order valence-corrected chi connectivity index (χ4v) is 4.21. The largest absolute Gasteiger partial charge is 0.488 e. The molecular formula is C23H23N7O5S. The molecule has 0 aliphatic heterocycles. The molecular weight excluding hydrogens is 486 g/mol. The van der Waals surface area contributed by atoms with Crippen molar-refractivity contribution in [3.05, 3.63) is 80.3 Å². The Morgan fingerprint density at radius 3 is 2.72 bits per heavy atom. The molecule has 6 N–H and O–H groups in total. The number of thiophene rings is 1. The number of aromatic amines is 1. The highest BCUT2D eigenvalue weighted by atomic mass is 32.1. The van der Waals surface area contributed by atoms with Crippen LogP contribution in [-0.4, -0.2) is 50.4 Å². The van der Waals surface area contributed by atoms with Gasteiger partial charge in [0.15, 0.2) is 11.6 Å². The number of H-pyrrole nitrogens is 1. The van der Waals surface area contributed by atoms with E-state index >= 15 is 0 Å². The van der Waals surface area contributed by atoms with E-state index in [0.29, 0.717) is 35.1 Å². The summed E-state index contributed by atoms with van der Waals surface area (Å²) in [6.07, 6.45) is 1.56. The van der Waals surface area contributed by atoms with Gasteiger partial charge in [-0.1, -0.05) is 0 Å². The highest BCUT2D eigenvalue weighted by Crippen LogP contribution is 2.31. The number of aromatic nitrogens is 4. The Hall–Kier alpha value is -4.65. The highest BCUT2D eigenvalue weighted by molar-refractivity contribution is 7.12. The first-order valence-electron chi connectivity index (χ1n) is 10.7. The summed E-state index contributed by atoms with van der Waals surface area (Å²) >= 11 is 0.996. The molecule has 1 aromatic carbocycles. The summed E-state index contributed by atoms with van der Waals surface area (Å²) in [4.78, 5) is 31.4. The molecule has 0 saturated carbocycles. The van der Waals surface area contributed by atoms with Crippen molar-refractivity contribution < 1.29 is 19.4 Å². The number of carboxylic acid groups (broad SMARTS) is 1. The minimum Gasteiger partial charge on any atom is -0.488 e. The summed E-state index contributed by atoms with van der Waals surface area (Å²) in [5, 5.41) is 26.3. The smallest absolute Gasteiger partial charge is 0.348 e. The minimum atomic E-state index is -1.16. The lowest BCUT2D eigenvalue weighted by atomic mass is 10.1. The Balaban J connectivity index is 1.81. The summed E-state index contributed by atoms with van der Waals surface area (Å²) in [6.45, 7) is 2.21. The average molecular weight is 510 g/mol. The van der Waals surface area contributed by atoms with Gasteiger partial charge in [0.05, 0.1) is 19.4 Å². The van der Waals surface area contributed by atoms with Crippen LogP contribution in [0.3, 0.4) is 0 Å². The normalized spacial score (nSPS) is 11.6. The number of anilines is 1. The number of aromatic carboxylic acids is 1. The molecule has 4 rings (SSSR count). The lowest BCUT2D eigenvalue weighted by Gasteiger charge is -2.19. The van der Waals surface area contributed by atoms with Crippen molar-refractivity contribution >= 4 is 28.8 Å². The van der Waals surface area contributed by atoms with Crippen LogP contribution in [0.4, 0.5) is 5.69 Å². The van der Waals surface area contributed by atoms with Gasteiger partial charge in [0.1, 0.15) is 16.8 Å². The number of ether oxygens (including phenoxy) is 2. The summed E-state index contributed by atoms with van der Waals surface area (Å²) in [5.74, 6) is -0.297. The number of carboxylic acids is 1. The van der Waals surface area contributed by atoms with Crippen molar-refractivity contribution in [1.82, 2.24) is 19.7 Å². The van der Waals surface area contributed by atoms with E-state index in [0.717, 1.165) is 16.0 Å². The second-order valence-corrected chi connectivity index (χ2v) is 8.36. The molecule has 3 heterocycles. The van der Waals surface area contributed by atoms with Crippen LogP contribution in [0.25, 0.3) is 5.69 Å². The second-order valence-electron chi connectivity index (χ2n) is 7.44. The third-order valence-corrected chi connectivity index (χ3v) is 6.04. The van der Waals surface area contributed by atoms with Gasteiger partial charge in [0.2, 0.25) is 0 Å². The molecule has 186 valence electrons. The molecule has 0 spiro atoms. The number of nitrogens with one attached hydrogen (secondary N) is 3. The molecule has 3 aromatic heterocycles. The number of hydrogen-bond donors (Lipinski definition) is 5. The molecule has 0 aliphatic carbocycles. The van der Waals surface area contributed by atoms with E-state index in [1.54, 1.807) is 41.9 Å². The molecule has 12 nitrogen and oxygen atoms in total. The average Bonchev–Trinajstić information content (AvgIpc) is 3.49. The maximum Gasteiger partial charge on any atom is 0.348 e. The molecule has 0 bridgehead atoms. The van der Waals surface area contributed by atoms with E-state index in [4.69, 9.17) is 20.6 Å². The number of nitrogens with two attached hydrogens (primary N) is 1. The van der Waals surface area contributed by atoms with Gasteiger partial charge in [-0.2, -0.15) is 4.68 Å². The molecule has 1 unspecified atom stereocenters. The maximum atomic E-state index is 12.8. The SMILES string of the molecule is CCOc1cc(C(Nc2ccc(C(=N)N)cc2)c2nn(-c3ccsc3C(=O)O)c(=O)[nH]2)cnc1OC. The van der Waals surface area contributed by atoms with Gasteiger partial charge in [-0.05, 0) is 48.7 Å². The number of benzene rings is 1.